The lowest BCUT2D eigenvalue weighted by Crippen LogP contribution is -2.36. The topological polar surface area (TPSA) is 40.5 Å². The lowest BCUT2D eigenvalue weighted by Gasteiger charge is -2.35. The predicted molar refractivity (Wildman–Crippen MR) is 75.6 cm³/mol. The standard InChI is InChI=1S/C16H21NO2/c18-16(19)14-9-10-17(11-12-5-1-2-6-12)15-8-4-3-7-13(14)15/h3-4,7-8,12,14H,1-2,5-6,9-11H2,(H,18,19). The van der Waals surface area contributed by atoms with Gasteiger partial charge in [-0.3, -0.25) is 4.79 Å². The SMILES string of the molecule is O=C(O)C1CCN(CC2CCCC2)c2ccccc21. The van der Waals surface area contributed by atoms with Gasteiger partial charge < -0.3 is 10.0 Å². The van der Waals surface area contributed by atoms with Crippen LogP contribution in [0, 0.1) is 5.92 Å². The third-order valence-electron chi connectivity index (χ3n) is 4.59. The van der Waals surface area contributed by atoms with Gasteiger partial charge in [-0.1, -0.05) is 31.0 Å². The van der Waals surface area contributed by atoms with E-state index in [1.807, 2.05) is 18.2 Å². The van der Waals surface area contributed by atoms with Gasteiger partial charge in [-0.15, -0.1) is 0 Å². The van der Waals surface area contributed by atoms with E-state index in [-0.39, 0.29) is 5.92 Å². The van der Waals surface area contributed by atoms with Crippen molar-refractivity contribution in [1.82, 2.24) is 0 Å². The molecule has 3 nitrogen and oxygen atoms in total. The van der Waals surface area contributed by atoms with Crippen molar-refractivity contribution in [3.8, 4) is 0 Å². The minimum absolute atomic E-state index is 0.323. The Morgan fingerprint density at radius 2 is 1.95 bits per heavy atom. The van der Waals surface area contributed by atoms with Crippen LogP contribution < -0.4 is 4.90 Å². The number of para-hydroxylation sites is 1. The van der Waals surface area contributed by atoms with Crippen molar-refractivity contribution in [2.75, 3.05) is 18.0 Å². The first-order valence-electron chi connectivity index (χ1n) is 7.32. The van der Waals surface area contributed by atoms with Crippen LogP contribution in [0.25, 0.3) is 0 Å². The summed E-state index contributed by atoms with van der Waals surface area (Å²) in [5.41, 5.74) is 2.15. The van der Waals surface area contributed by atoms with E-state index in [2.05, 4.69) is 11.0 Å². The molecule has 0 bridgehead atoms. The maximum absolute atomic E-state index is 11.3. The number of rotatable bonds is 3. The Kier molecular flexibility index (Phi) is 3.45. The maximum atomic E-state index is 11.3. The van der Waals surface area contributed by atoms with Crippen LogP contribution in [-0.2, 0) is 4.79 Å². The van der Waals surface area contributed by atoms with Crippen molar-refractivity contribution in [2.24, 2.45) is 5.92 Å². The normalized spacial score (nSPS) is 23.4. The predicted octanol–water partition coefficient (Wildman–Crippen LogP) is 3.26. The van der Waals surface area contributed by atoms with Gasteiger partial charge in [-0.25, -0.2) is 0 Å². The smallest absolute Gasteiger partial charge is 0.311 e. The van der Waals surface area contributed by atoms with Crippen molar-refractivity contribution in [3.05, 3.63) is 29.8 Å². The molecule has 1 saturated carbocycles. The van der Waals surface area contributed by atoms with Crippen molar-refractivity contribution < 1.29 is 9.90 Å². The quantitative estimate of drug-likeness (QED) is 0.905. The van der Waals surface area contributed by atoms with Gasteiger partial charge in [0.05, 0.1) is 5.92 Å². The summed E-state index contributed by atoms with van der Waals surface area (Å²) in [6.45, 7) is 1.98. The first-order chi connectivity index (χ1) is 9.25. The maximum Gasteiger partial charge on any atom is 0.311 e. The highest BCUT2D eigenvalue weighted by atomic mass is 16.4. The molecule has 102 valence electrons. The van der Waals surface area contributed by atoms with Crippen molar-refractivity contribution >= 4 is 11.7 Å². The van der Waals surface area contributed by atoms with Gasteiger partial charge in [0.25, 0.3) is 0 Å². The van der Waals surface area contributed by atoms with E-state index >= 15 is 0 Å². The van der Waals surface area contributed by atoms with Crippen LogP contribution in [-0.4, -0.2) is 24.2 Å². The molecule has 1 heterocycles. The Morgan fingerprint density at radius 1 is 1.21 bits per heavy atom. The number of benzene rings is 1. The van der Waals surface area contributed by atoms with E-state index in [1.165, 1.54) is 25.7 Å². The first-order valence-corrected chi connectivity index (χ1v) is 7.32. The second-order valence-electron chi connectivity index (χ2n) is 5.83. The molecular weight excluding hydrogens is 238 g/mol. The minimum atomic E-state index is -0.687. The number of fused-ring (bicyclic) bond motifs is 1. The summed E-state index contributed by atoms with van der Waals surface area (Å²) in [5.74, 6) is -0.210. The first kappa shape index (κ1) is 12.5. The lowest BCUT2D eigenvalue weighted by molar-refractivity contribution is -0.139. The number of carboxylic acid groups (broad SMARTS) is 1. The fraction of sp³-hybridized carbons (Fsp3) is 0.562. The number of hydrogen-bond acceptors (Lipinski definition) is 2. The molecule has 1 fully saturated rings. The molecule has 3 heteroatoms. The minimum Gasteiger partial charge on any atom is -0.481 e. The molecule has 1 unspecified atom stereocenters. The Bertz CT molecular complexity index is 466. The van der Waals surface area contributed by atoms with E-state index in [0.29, 0.717) is 0 Å². The summed E-state index contributed by atoms with van der Waals surface area (Å²) in [6, 6.07) is 8.03. The van der Waals surface area contributed by atoms with Crippen molar-refractivity contribution in [2.45, 2.75) is 38.0 Å². The van der Waals surface area contributed by atoms with Crippen LogP contribution in [0.2, 0.25) is 0 Å². The third kappa shape index (κ3) is 2.46. The molecule has 0 amide bonds. The molecular formula is C16H21NO2. The third-order valence-corrected chi connectivity index (χ3v) is 4.59. The highest BCUT2D eigenvalue weighted by Crippen LogP contribution is 2.37. The molecule has 1 aromatic rings. The number of nitrogens with zero attached hydrogens (tertiary/aromatic N) is 1. The van der Waals surface area contributed by atoms with Crippen LogP contribution in [0.15, 0.2) is 24.3 Å². The van der Waals surface area contributed by atoms with Crippen LogP contribution >= 0.6 is 0 Å². The molecule has 1 aromatic carbocycles. The van der Waals surface area contributed by atoms with E-state index < -0.39 is 5.97 Å². The second kappa shape index (κ2) is 5.24. The van der Waals surface area contributed by atoms with Gasteiger partial charge in [0.2, 0.25) is 0 Å². The number of hydrogen-bond donors (Lipinski definition) is 1. The zero-order valence-corrected chi connectivity index (χ0v) is 11.2. The highest BCUT2D eigenvalue weighted by molar-refractivity contribution is 5.80. The second-order valence-corrected chi connectivity index (χ2v) is 5.83. The number of aliphatic carboxylic acids is 1. The van der Waals surface area contributed by atoms with Gasteiger partial charge in [0, 0.05) is 18.8 Å². The molecule has 3 rings (SSSR count). The van der Waals surface area contributed by atoms with Crippen molar-refractivity contribution in [1.29, 1.82) is 0 Å². The van der Waals surface area contributed by atoms with Crippen LogP contribution in [0.3, 0.4) is 0 Å². The summed E-state index contributed by atoms with van der Waals surface area (Å²) in [5, 5.41) is 9.34. The van der Waals surface area contributed by atoms with Gasteiger partial charge in [0.15, 0.2) is 0 Å². The van der Waals surface area contributed by atoms with Gasteiger partial charge in [-0.2, -0.15) is 0 Å². The van der Waals surface area contributed by atoms with E-state index in [4.69, 9.17) is 0 Å². The number of carbonyl (C=O) groups is 1. The summed E-state index contributed by atoms with van der Waals surface area (Å²) < 4.78 is 0. The van der Waals surface area contributed by atoms with Crippen LogP contribution in [0.1, 0.15) is 43.6 Å². The Labute approximate surface area is 114 Å². The Hall–Kier alpha value is -1.51. The lowest BCUT2D eigenvalue weighted by atomic mass is 9.89. The van der Waals surface area contributed by atoms with E-state index in [1.54, 1.807) is 0 Å². The van der Waals surface area contributed by atoms with Gasteiger partial charge in [0.1, 0.15) is 0 Å². The average Bonchev–Trinajstić information content (AvgIpc) is 2.91. The summed E-state index contributed by atoms with van der Waals surface area (Å²) in [4.78, 5) is 13.8. The Morgan fingerprint density at radius 3 is 2.68 bits per heavy atom. The fourth-order valence-electron chi connectivity index (χ4n) is 3.58. The molecule has 1 aliphatic heterocycles. The molecule has 0 radical (unpaired) electrons. The van der Waals surface area contributed by atoms with Gasteiger partial charge >= 0.3 is 5.97 Å². The molecule has 1 atom stereocenters. The van der Waals surface area contributed by atoms with Crippen molar-refractivity contribution in [3.63, 3.8) is 0 Å². The summed E-state index contributed by atoms with van der Waals surface area (Å²) in [6.07, 6.45) is 6.12. The largest absolute Gasteiger partial charge is 0.481 e. The van der Waals surface area contributed by atoms with E-state index in [0.717, 1.165) is 36.7 Å². The molecule has 0 saturated heterocycles. The summed E-state index contributed by atoms with van der Waals surface area (Å²) in [7, 11) is 0. The molecule has 2 aliphatic rings. The van der Waals surface area contributed by atoms with Gasteiger partial charge in [-0.05, 0) is 36.8 Å². The van der Waals surface area contributed by atoms with Crippen LogP contribution in [0.4, 0.5) is 5.69 Å². The molecule has 0 spiro atoms. The Balaban J connectivity index is 1.83. The number of anilines is 1. The fourth-order valence-corrected chi connectivity index (χ4v) is 3.58. The molecule has 0 aromatic heterocycles. The zero-order chi connectivity index (χ0) is 13.2. The molecule has 19 heavy (non-hydrogen) atoms. The molecule has 1 N–H and O–H groups in total. The molecule has 1 aliphatic carbocycles. The average molecular weight is 259 g/mol. The highest BCUT2D eigenvalue weighted by Gasteiger charge is 2.30. The summed E-state index contributed by atoms with van der Waals surface area (Å²) >= 11 is 0. The number of carboxylic acids is 1. The monoisotopic (exact) mass is 259 g/mol. The zero-order valence-electron chi connectivity index (χ0n) is 11.2. The van der Waals surface area contributed by atoms with Crippen LogP contribution in [0.5, 0.6) is 0 Å². The van der Waals surface area contributed by atoms with E-state index in [9.17, 15) is 9.90 Å².